The van der Waals surface area contributed by atoms with Crippen LogP contribution in [0.15, 0.2) is 71.3 Å². The molecule has 4 aromatic rings. The summed E-state index contributed by atoms with van der Waals surface area (Å²) in [7, 11) is 0. The quantitative estimate of drug-likeness (QED) is 0.379. The monoisotopic (exact) mass is 457 g/mol. The second-order valence-electron chi connectivity index (χ2n) is 5.80. The number of hydrogen-bond acceptors (Lipinski definition) is 4. The highest BCUT2D eigenvalue weighted by molar-refractivity contribution is 9.10. The summed E-state index contributed by atoms with van der Waals surface area (Å²) in [4.78, 5) is 24.0. The number of aromatic nitrogens is 2. The molecule has 2 heterocycles. The molecule has 2 aromatic heterocycles. The Kier molecular flexibility index (Phi) is 5.20. The van der Waals surface area contributed by atoms with Gasteiger partial charge in [-0.05, 0) is 58.4 Å². The molecule has 4 rings (SSSR count). The standard InChI is InChI=1S/C20H13BrClN3OS/c21-16-7-2-1-6-15(16)19(26)25(12-14-5-3-4-10-23-14)20-24-17-9-8-13(22)11-18(17)27-20/h1-11H,12H2. The average molecular weight is 459 g/mol. The number of pyridine rings is 1. The Morgan fingerprint density at radius 1 is 1.11 bits per heavy atom. The summed E-state index contributed by atoms with van der Waals surface area (Å²) in [5.74, 6) is -0.140. The summed E-state index contributed by atoms with van der Waals surface area (Å²) in [6, 6.07) is 18.5. The molecule has 0 spiro atoms. The molecule has 7 heteroatoms. The van der Waals surface area contributed by atoms with Gasteiger partial charge in [0, 0.05) is 15.7 Å². The first-order valence-corrected chi connectivity index (χ1v) is 10.1. The largest absolute Gasteiger partial charge is 0.278 e. The molecule has 0 N–H and O–H groups in total. The van der Waals surface area contributed by atoms with Gasteiger partial charge < -0.3 is 0 Å². The van der Waals surface area contributed by atoms with Gasteiger partial charge in [0.1, 0.15) is 0 Å². The highest BCUT2D eigenvalue weighted by Gasteiger charge is 2.23. The lowest BCUT2D eigenvalue weighted by Crippen LogP contribution is -2.31. The molecule has 0 radical (unpaired) electrons. The number of thiazole rings is 1. The van der Waals surface area contributed by atoms with Gasteiger partial charge in [0.25, 0.3) is 5.91 Å². The van der Waals surface area contributed by atoms with Crippen LogP contribution in [0.2, 0.25) is 5.02 Å². The Morgan fingerprint density at radius 3 is 2.70 bits per heavy atom. The van der Waals surface area contributed by atoms with E-state index in [9.17, 15) is 4.79 Å². The molecule has 4 nitrogen and oxygen atoms in total. The summed E-state index contributed by atoms with van der Waals surface area (Å²) in [6.45, 7) is 0.328. The Hall–Kier alpha value is -2.28. The van der Waals surface area contributed by atoms with Crippen LogP contribution in [0.4, 0.5) is 5.13 Å². The SMILES string of the molecule is O=C(c1ccccc1Br)N(Cc1ccccn1)c1nc2ccc(Cl)cc2s1. The molecule has 1 amide bonds. The van der Waals surface area contributed by atoms with Crippen molar-refractivity contribution in [2.75, 3.05) is 4.90 Å². The third kappa shape index (κ3) is 3.88. The highest BCUT2D eigenvalue weighted by Crippen LogP contribution is 2.33. The van der Waals surface area contributed by atoms with E-state index in [0.717, 1.165) is 20.4 Å². The minimum Gasteiger partial charge on any atom is -0.278 e. The molecule has 0 aliphatic carbocycles. The molecular formula is C20H13BrClN3OS. The lowest BCUT2D eigenvalue weighted by molar-refractivity contribution is 0.0984. The van der Waals surface area contributed by atoms with Crippen molar-refractivity contribution in [3.05, 3.63) is 87.6 Å². The van der Waals surface area contributed by atoms with E-state index in [-0.39, 0.29) is 5.91 Å². The first-order chi connectivity index (χ1) is 13.1. The number of benzene rings is 2. The topological polar surface area (TPSA) is 46.1 Å². The number of rotatable bonds is 4. The zero-order chi connectivity index (χ0) is 18.8. The fraction of sp³-hybridized carbons (Fsp3) is 0.0500. The van der Waals surface area contributed by atoms with Crippen LogP contribution in [0.3, 0.4) is 0 Å². The van der Waals surface area contributed by atoms with Gasteiger partial charge in [-0.2, -0.15) is 0 Å². The number of anilines is 1. The van der Waals surface area contributed by atoms with Gasteiger partial charge in [0.05, 0.1) is 28.0 Å². The fourth-order valence-electron chi connectivity index (χ4n) is 2.66. The normalized spacial score (nSPS) is 10.9. The van der Waals surface area contributed by atoms with Crippen molar-refractivity contribution in [2.24, 2.45) is 0 Å². The van der Waals surface area contributed by atoms with Crippen molar-refractivity contribution < 1.29 is 4.79 Å². The molecule has 2 aromatic carbocycles. The molecule has 134 valence electrons. The average Bonchev–Trinajstić information content (AvgIpc) is 3.09. The van der Waals surface area contributed by atoms with Crippen LogP contribution in [-0.2, 0) is 6.54 Å². The molecule has 0 saturated heterocycles. The van der Waals surface area contributed by atoms with Gasteiger partial charge in [0.15, 0.2) is 5.13 Å². The summed E-state index contributed by atoms with van der Waals surface area (Å²) >= 11 is 11.0. The van der Waals surface area contributed by atoms with E-state index in [4.69, 9.17) is 11.6 Å². The van der Waals surface area contributed by atoms with E-state index >= 15 is 0 Å². The van der Waals surface area contributed by atoms with Crippen molar-refractivity contribution in [2.45, 2.75) is 6.54 Å². The number of hydrogen-bond donors (Lipinski definition) is 0. The van der Waals surface area contributed by atoms with E-state index < -0.39 is 0 Å². The molecule has 0 aliphatic rings. The smallest absolute Gasteiger partial charge is 0.261 e. The number of carbonyl (C=O) groups excluding carboxylic acids is 1. The molecule has 0 atom stereocenters. The second-order valence-corrected chi connectivity index (χ2v) is 8.10. The van der Waals surface area contributed by atoms with Crippen LogP contribution in [0.5, 0.6) is 0 Å². The number of carbonyl (C=O) groups is 1. The van der Waals surface area contributed by atoms with E-state index in [1.807, 2.05) is 48.5 Å². The van der Waals surface area contributed by atoms with Gasteiger partial charge >= 0.3 is 0 Å². The minimum atomic E-state index is -0.140. The van der Waals surface area contributed by atoms with Crippen LogP contribution in [0.25, 0.3) is 10.2 Å². The van der Waals surface area contributed by atoms with Crippen molar-refractivity contribution in [3.8, 4) is 0 Å². The Labute approximate surface area is 173 Å². The zero-order valence-corrected chi connectivity index (χ0v) is 17.1. The maximum Gasteiger partial charge on any atom is 0.261 e. The Balaban J connectivity index is 1.79. The van der Waals surface area contributed by atoms with Crippen LogP contribution < -0.4 is 4.90 Å². The minimum absolute atomic E-state index is 0.140. The van der Waals surface area contributed by atoms with E-state index in [1.165, 1.54) is 11.3 Å². The summed E-state index contributed by atoms with van der Waals surface area (Å²) in [5.41, 5.74) is 2.17. The number of nitrogens with zero attached hydrogens (tertiary/aromatic N) is 3. The highest BCUT2D eigenvalue weighted by atomic mass is 79.9. The molecule has 0 bridgehead atoms. The van der Waals surface area contributed by atoms with Crippen LogP contribution in [0, 0.1) is 0 Å². The third-order valence-electron chi connectivity index (χ3n) is 3.97. The summed E-state index contributed by atoms with van der Waals surface area (Å²) in [5, 5.41) is 1.25. The Morgan fingerprint density at radius 2 is 1.93 bits per heavy atom. The predicted molar refractivity (Wildman–Crippen MR) is 114 cm³/mol. The maximum atomic E-state index is 13.3. The maximum absolute atomic E-state index is 13.3. The van der Waals surface area contributed by atoms with Gasteiger partial charge in [-0.25, -0.2) is 4.98 Å². The summed E-state index contributed by atoms with van der Waals surface area (Å²) < 4.78 is 1.67. The van der Waals surface area contributed by atoms with Crippen LogP contribution in [0.1, 0.15) is 16.1 Å². The fourth-order valence-corrected chi connectivity index (χ4v) is 4.36. The van der Waals surface area contributed by atoms with Crippen LogP contribution >= 0.6 is 38.9 Å². The molecule has 27 heavy (non-hydrogen) atoms. The number of halogens is 2. The first-order valence-electron chi connectivity index (χ1n) is 8.14. The molecule has 0 aliphatic heterocycles. The van der Waals surface area contributed by atoms with Crippen molar-refractivity contribution in [1.82, 2.24) is 9.97 Å². The van der Waals surface area contributed by atoms with Gasteiger partial charge in [-0.15, -0.1) is 0 Å². The van der Waals surface area contributed by atoms with E-state index in [1.54, 1.807) is 23.2 Å². The molecule has 0 saturated carbocycles. The molecule has 0 unspecified atom stereocenters. The van der Waals surface area contributed by atoms with Crippen molar-refractivity contribution in [1.29, 1.82) is 0 Å². The van der Waals surface area contributed by atoms with E-state index in [2.05, 4.69) is 25.9 Å². The van der Waals surface area contributed by atoms with Gasteiger partial charge in [-0.3, -0.25) is 14.7 Å². The van der Waals surface area contributed by atoms with Gasteiger partial charge in [-0.1, -0.05) is 41.1 Å². The lowest BCUT2D eigenvalue weighted by atomic mass is 10.2. The Bertz CT molecular complexity index is 1120. The van der Waals surface area contributed by atoms with Crippen molar-refractivity contribution >= 4 is 60.1 Å². The number of amides is 1. The number of fused-ring (bicyclic) bond motifs is 1. The summed E-state index contributed by atoms with van der Waals surface area (Å²) in [6.07, 6.45) is 1.72. The molecule has 0 fully saturated rings. The predicted octanol–water partition coefficient (Wildman–Crippen LogP) is 5.95. The zero-order valence-electron chi connectivity index (χ0n) is 14.0. The third-order valence-corrected chi connectivity index (χ3v) is 5.93. The molecular weight excluding hydrogens is 446 g/mol. The van der Waals surface area contributed by atoms with Crippen LogP contribution in [-0.4, -0.2) is 15.9 Å². The second kappa shape index (κ2) is 7.76. The lowest BCUT2D eigenvalue weighted by Gasteiger charge is -2.20. The van der Waals surface area contributed by atoms with Gasteiger partial charge in [0.2, 0.25) is 0 Å². The van der Waals surface area contributed by atoms with Crippen molar-refractivity contribution in [3.63, 3.8) is 0 Å². The first kappa shape index (κ1) is 18.1. The van der Waals surface area contributed by atoms with E-state index in [0.29, 0.717) is 22.3 Å².